The lowest BCUT2D eigenvalue weighted by molar-refractivity contribution is 0.201. The van der Waals surface area contributed by atoms with E-state index in [2.05, 4.69) is 16.5 Å². The number of benzene rings is 1. The van der Waals surface area contributed by atoms with Gasteiger partial charge in [0.05, 0.1) is 17.0 Å². The monoisotopic (exact) mass is 360 g/mol. The van der Waals surface area contributed by atoms with Crippen molar-refractivity contribution in [3.8, 4) is 5.75 Å². The SMILES string of the molecule is COc1ccc(S(=O)(=O)NCC(C)CN2CCCCC2)cc1Cl. The van der Waals surface area contributed by atoms with Crippen molar-refractivity contribution in [2.75, 3.05) is 33.3 Å². The Morgan fingerprint density at radius 2 is 2.00 bits per heavy atom. The Balaban J connectivity index is 1.91. The van der Waals surface area contributed by atoms with Crippen LogP contribution >= 0.6 is 11.6 Å². The van der Waals surface area contributed by atoms with Crippen LogP contribution in [0, 0.1) is 5.92 Å². The van der Waals surface area contributed by atoms with Gasteiger partial charge in [-0.2, -0.15) is 0 Å². The largest absolute Gasteiger partial charge is 0.495 e. The number of hydrogen-bond acceptors (Lipinski definition) is 4. The standard InChI is InChI=1S/C16H25ClN2O3S/c1-13(12-19-8-4-3-5-9-19)11-18-23(20,21)14-6-7-16(22-2)15(17)10-14/h6-7,10,13,18H,3-5,8-9,11-12H2,1-2H3. The normalized spacial score (nSPS) is 17.9. The number of likely N-dealkylation sites (tertiary alicyclic amines) is 1. The second kappa shape index (κ2) is 8.33. The first-order valence-corrected chi connectivity index (χ1v) is 9.84. The van der Waals surface area contributed by atoms with Crippen molar-refractivity contribution in [3.05, 3.63) is 23.2 Å². The van der Waals surface area contributed by atoms with E-state index in [1.165, 1.54) is 38.5 Å². The summed E-state index contributed by atoms with van der Waals surface area (Å²) in [5.41, 5.74) is 0. The predicted octanol–water partition coefficient (Wildman–Crippen LogP) is 2.75. The summed E-state index contributed by atoms with van der Waals surface area (Å²) in [6, 6.07) is 4.48. The first kappa shape index (κ1) is 18.5. The molecule has 1 fully saturated rings. The van der Waals surface area contributed by atoms with Gasteiger partial charge in [0.15, 0.2) is 0 Å². The molecular formula is C16H25ClN2O3S. The van der Waals surface area contributed by atoms with Gasteiger partial charge in [-0.1, -0.05) is 24.9 Å². The van der Waals surface area contributed by atoms with Gasteiger partial charge in [0.1, 0.15) is 5.75 Å². The first-order valence-electron chi connectivity index (χ1n) is 7.98. The van der Waals surface area contributed by atoms with Crippen molar-refractivity contribution in [3.63, 3.8) is 0 Å². The molecule has 7 heteroatoms. The van der Waals surface area contributed by atoms with E-state index in [1.54, 1.807) is 6.07 Å². The molecule has 1 saturated heterocycles. The second-order valence-corrected chi connectivity index (χ2v) is 8.29. The minimum atomic E-state index is -3.55. The number of nitrogens with zero attached hydrogens (tertiary/aromatic N) is 1. The fourth-order valence-corrected chi connectivity index (χ4v) is 4.31. The van der Waals surface area contributed by atoms with Crippen LogP contribution in [0.4, 0.5) is 0 Å². The molecule has 1 aromatic rings. The minimum absolute atomic E-state index is 0.161. The van der Waals surface area contributed by atoms with Crippen molar-refractivity contribution in [1.29, 1.82) is 0 Å². The molecule has 1 N–H and O–H groups in total. The van der Waals surface area contributed by atoms with Crippen LogP contribution < -0.4 is 9.46 Å². The van der Waals surface area contributed by atoms with Gasteiger partial charge in [-0.3, -0.25) is 0 Å². The summed E-state index contributed by atoms with van der Waals surface area (Å²) in [5, 5.41) is 0.289. The Morgan fingerprint density at radius 1 is 1.30 bits per heavy atom. The van der Waals surface area contributed by atoms with Crippen LogP contribution in [0.15, 0.2) is 23.1 Å². The van der Waals surface area contributed by atoms with Gasteiger partial charge in [-0.05, 0) is 50.0 Å². The van der Waals surface area contributed by atoms with Gasteiger partial charge in [0.2, 0.25) is 10.0 Å². The van der Waals surface area contributed by atoms with Gasteiger partial charge in [-0.15, -0.1) is 0 Å². The molecule has 1 atom stereocenters. The number of rotatable bonds is 7. The smallest absolute Gasteiger partial charge is 0.240 e. The van der Waals surface area contributed by atoms with Crippen LogP contribution in [0.2, 0.25) is 5.02 Å². The topological polar surface area (TPSA) is 58.6 Å². The zero-order chi connectivity index (χ0) is 16.9. The molecule has 1 aliphatic rings. The molecule has 0 bridgehead atoms. The third-order valence-corrected chi connectivity index (χ3v) is 5.79. The highest BCUT2D eigenvalue weighted by Gasteiger charge is 2.19. The molecule has 0 amide bonds. The highest BCUT2D eigenvalue weighted by atomic mass is 35.5. The van der Waals surface area contributed by atoms with Crippen LogP contribution in [0.3, 0.4) is 0 Å². The number of ether oxygens (including phenoxy) is 1. The van der Waals surface area contributed by atoms with Crippen molar-refractivity contribution in [2.24, 2.45) is 5.92 Å². The van der Waals surface area contributed by atoms with Crippen molar-refractivity contribution < 1.29 is 13.2 Å². The third kappa shape index (κ3) is 5.35. The molecular weight excluding hydrogens is 336 g/mol. The highest BCUT2D eigenvalue weighted by molar-refractivity contribution is 7.89. The van der Waals surface area contributed by atoms with E-state index >= 15 is 0 Å². The summed E-state index contributed by atoms with van der Waals surface area (Å²) >= 11 is 6.00. The average Bonchev–Trinajstić information content (AvgIpc) is 2.54. The number of halogens is 1. The van der Waals surface area contributed by atoms with Crippen LogP contribution in [0.1, 0.15) is 26.2 Å². The quantitative estimate of drug-likeness (QED) is 0.812. The van der Waals surface area contributed by atoms with E-state index in [4.69, 9.17) is 16.3 Å². The number of sulfonamides is 1. The third-order valence-electron chi connectivity index (χ3n) is 4.07. The molecule has 1 heterocycles. The Morgan fingerprint density at radius 3 is 2.61 bits per heavy atom. The molecule has 0 radical (unpaired) electrons. The lowest BCUT2D eigenvalue weighted by atomic mass is 10.1. The average molecular weight is 361 g/mol. The second-order valence-electron chi connectivity index (χ2n) is 6.11. The van der Waals surface area contributed by atoms with Crippen LogP contribution in [0.25, 0.3) is 0 Å². The van der Waals surface area contributed by atoms with Gasteiger partial charge in [-0.25, -0.2) is 13.1 Å². The molecule has 23 heavy (non-hydrogen) atoms. The summed E-state index contributed by atoms with van der Waals surface area (Å²) in [7, 11) is -2.06. The summed E-state index contributed by atoms with van der Waals surface area (Å²) in [6.45, 7) is 5.64. The van der Waals surface area contributed by atoms with E-state index in [-0.39, 0.29) is 15.8 Å². The number of hydrogen-bond donors (Lipinski definition) is 1. The number of nitrogens with one attached hydrogen (secondary N) is 1. The van der Waals surface area contributed by atoms with Crippen molar-refractivity contribution in [2.45, 2.75) is 31.1 Å². The zero-order valence-electron chi connectivity index (χ0n) is 13.7. The molecule has 0 aromatic heterocycles. The van der Waals surface area contributed by atoms with Gasteiger partial charge in [0.25, 0.3) is 0 Å². The maximum atomic E-state index is 12.4. The zero-order valence-corrected chi connectivity index (χ0v) is 15.3. The predicted molar refractivity (Wildman–Crippen MR) is 92.6 cm³/mol. The van der Waals surface area contributed by atoms with Crippen molar-refractivity contribution >= 4 is 21.6 Å². The maximum absolute atomic E-state index is 12.4. The number of methoxy groups -OCH3 is 1. The lowest BCUT2D eigenvalue weighted by Gasteiger charge is -2.29. The highest BCUT2D eigenvalue weighted by Crippen LogP contribution is 2.26. The van der Waals surface area contributed by atoms with Gasteiger partial charge >= 0.3 is 0 Å². The Labute approximate surface area is 144 Å². The molecule has 130 valence electrons. The summed E-state index contributed by atoms with van der Waals surface area (Å²) < 4.78 is 32.4. The van der Waals surface area contributed by atoms with E-state index in [9.17, 15) is 8.42 Å². The Kier molecular flexibility index (Phi) is 6.71. The summed E-state index contributed by atoms with van der Waals surface area (Å²) in [6.07, 6.45) is 3.78. The molecule has 1 unspecified atom stereocenters. The summed E-state index contributed by atoms with van der Waals surface area (Å²) in [5.74, 6) is 0.723. The molecule has 0 saturated carbocycles. The van der Waals surface area contributed by atoms with Crippen LogP contribution in [-0.4, -0.2) is 46.6 Å². The van der Waals surface area contributed by atoms with Crippen molar-refractivity contribution in [1.82, 2.24) is 9.62 Å². The Bertz CT molecular complexity index is 616. The van der Waals surface area contributed by atoms with E-state index in [1.807, 2.05) is 0 Å². The van der Waals surface area contributed by atoms with E-state index in [0.29, 0.717) is 12.3 Å². The molecule has 1 aromatic carbocycles. The molecule has 5 nitrogen and oxygen atoms in total. The molecule has 2 rings (SSSR count). The van der Waals surface area contributed by atoms with Gasteiger partial charge in [0, 0.05) is 13.1 Å². The molecule has 1 aliphatic heterocycles. The summed E-state index contributed by atoms with van der Waals surface area (Å²) in [4.78, 5) is 2.57. The lowest BCUT2D eigenvalue weighted by Crippen LogP contribution is -2.38. The van der Waals surface area contributed by atoms with E-state index < -0.39 is 10.0 Å². The Hall–Kier alpha value is -0.820. The minimum Gasteiger partial charge on any atom is -0.495 e. The molecule has 0 spiro atoms. The fourth-order valence-electron chi connectivity index (χ4n) is 2.80. The van der Waals surface area contributed by atoms with Crippen LogP contribution in [-0.2, 0) is 10.0 Å². The first-order chi connectivity index (χ1) is 10.9. The van der Waals surface area contributed by atoms with Gasteiger partial charge < -0.3 is 9.64 Å². The van der Waals surface area contributed by atoms with Crippen LogP contribution in [0.5, 0.6) is 5.75 Å². The molecule has 0 aliphatic carbocycles. The fraction of sp³-hybridized carbons (Fsp3) is 0.625. The number of piperidine rings is 1. The maximum Gasteiger partial charge on any atom is 0.240 e. The van der Waals surface area contributed by atoms with E-state index in [0.717, 1.165) is 19.6 Å².